The average molecular weight is 259 g/mol. The molecule has 19 heavy (non-hydrogen) atoms. The number of unbranched alkanes of at least 4 members (excludes halogenated alkanes) is 8. The normalized spacial score (nSPS) is 10.8. The Balaban J connectivity index is 2.01. The maximum absolute atomic E-state index is 3.41. The van der Waals surface area contributed by atoms with Gasteiger partial charge in [-0.3, -0.25) is 0 Å². The summed E-state index contributed by atoms with van der Waals surface area (Å²) in [6.07, 6.45) is 15.0. The third-order valence-corrected chi connectivity index (χ3v) is 3.95. The fourth-order valence-electron chi connectivity index (χ4n) is 2.68. The van der Waals surface area contributed by atoms with Gasteiger partial charge in [0.2, 0.25) is 0 Å². The lowest BCUT2D eigenvalue weighted by Gasteiger charge is -2.07. The van der Waals surface area contributed by atoms with Gasteiger partial charge in [-0.2, -0.15) is 0 Å². The Morgan fingerprint density at radius 2 is 1.47 bits per heavy atom. The van der Waals surface area contributed by atoms with Gasteiger partial charge in [0.1, 0.15) is 0 Å². The van der Waals surface area contributed by atoms with Gasteiger partial charge in [-0.1, -0.05) is 83.4 Å². The van der Waals surface area contributed by atoms with Crippen molar-refractivity contribution >= 4 is 0 Å². The first kappa shape index (κ1) is 16.3. The summed E-state index contributed by atoms with van der Waals surface area (Å²) in [4.78, 5) is 0. The van der Waals surface area contributed by atoms with E-state index >= 15 is 0 Å². The topological polar surface area (TPSA) is 0 Å². The molecular formula is C19H31. The Morgan fingerprint density at radius 3 is 2.11 bits per heavy atom. The molecule has 0 heteroatoms. The van der Waals surface area contributed by atoms with E-state index in [9.17, 15) is 0 Å². The molecule has 0 atom stereocenters. The lowest BCUT2D eigenvalue weighted by molar-refractivity contribution is 0.564. The molecule has 1 rings (SSSR count). The van der Waals surface area contributed by atoms with E-state index in [1.54, 1.807) is 0 Å². The van der Waals surface area contributed by atoms with Crippen LogP contribution in [0.3, 0.4) is 0 Å². The summed E-state index contributed by atoms with van der Waals surface area (Å²) in [5, 5.41) is 0. The molecule has 1 aromatic carbocycles. The van der Waals surface area contributed by atoms with Crippen LogP contribution in [0.4, 0.5) is 0 Å². The van der Waals surface area contributed by atoms with Gasteiger partial charge in [-0.15, -0.1) is 0 Å². The molecule has 0 amide bonds. The summed E-state index contributed by atoms with van der Waals surface area (Å²) < 4.78 is 0. The smallest absolute Gasteiger partial charge is 0.0146 e. The van der Waals surface area contributed by atoms with E-state index in [4.69, 9.17) is 0 Å². The Labute approximate surface area is 120 Å². The number of rotatable bonds is 11. The van der Waals surface area contributed by atoms with Crippen LogP contribution in [-0.2, 0) is 12.8 Å². The first-order chi connectivity index (χ1) is 9.38. The minimum atomic E-state index is 1.14. The molecule has 0 nitrogen and oxygen atoms in total. The summed E-state index contributed by atoms with van der Waals surface area (Å²) in [7, 11) is 0. The minimum absolute atomic E-state index is 1.14. The van der Waals surface area contributed by atoms with Crippen molar-refractivity contribution in [3.8, 4) is 0 Å². The van der Waals surface area contributed by atoms with Crippen LogP contribution in [0.1, 0.15) is 82.8 Å². The van der Waals surface area contributed by atoms with Crippen molar-refractivity contribution in [3.63, 3.8) is 0 Å². The second-order valence-electron chi connectivity index (χ2n) is 5.61. The van der Waals surface area contributed by atoms with Crippen molar-refractivity contribution in [1.82, 2.24) is 0 Å². The summed E-state index contributed by atoms with van der Waals surface area (Å²) in [5.74, 6) is 0. The SMILES string of the molecule is CCCCCCCCCCCc1[c]cccc1CC. The summed E-state index contributed by atoms with van der Waals surface area (Å²) in [6, 6.07) is 9.83. The van der Waals surface area contributed by atoms with Gasteiger partial charge < -0.3 is 0 Å². The van der Waals surface area contributed by atoms with Crippen LogP contribution in [0, 0.1) is 6.07 Å². The van der Waals surface area contributed by atoms with Crippen molar-refractivity contribution in [2.45, 2.75) is 84.5 Å². The molecule has 0 saturated carbocycles. The number of hydrogen-bond donors (Lipinski definition) is 0. The van der Waals surface area contributed by atoms with E-state index in [0.29, 0.717) is 0 Å². The molecular weight excluding hydrogens is 228 g/mol. The summed E-state index contributed by atoms with van der Waals surface area (Å²) in [6.45, 7) is 4.52. The van der Waals surface area contributed by atoms with Gasteiger partial charge in [-0.05, 0) is 36.5 Å². The van der Waals surface area contributed by atoms with E-state index < -0.39 is 0 Å². The van der Waals surface area contributed by atoms with Crippen LogP contribution in [0.2, 0.25) is 0 Å². The molecule has 0 saturated heterocycles. The second kappa shape index (κ2) is 11.1. The Morgan fingerprint density at radius 1 is 0.842 bits per heavy atom. The Kier molecular flexibility index (Phi) is 9.49. The van der Waals surface area contributed by atoms with Gasteiger partial charge in [0, 0.05) is 0 Å². The van der Waals surface area contributed by atoms with Gasteiger partial charge >= 0.3 is 0 Å². The van der Waals surface area contributed by atoms with Crippen molar-refractivity contribution in [1.29, 1.82) is 0 Å². The molecule has 0 N–H and O–H groups in total. The maximum atomic E-state index is 3.41. The second-order valence-corrected chi connectivity index (χ2v) is 5.61. The molecule has 1 radical (unpaired) electrons. The molecule has 0 aliphatic rings. The predicted molar refractivity (Wildman–Crippen MR) is 85.6 cm³/mol. The molecule has 0 heterocycles. The molecule has 0 unspecified atom stereocenters. The molecule has 0 bridgehead atoms. The lowest BCUT2D eigenvalue weighted by Crippen LogP contribution is -1.93. The van der Waals surface area contributed by atoms with Gasteiger partial charge in [0.15, 0.2) is 0 Å². The highest BCUT2D eigenvalue weighted by Crippen LogP contribution is 2.14. The monoisotopic (exact) mass is 259 g/mol. The molecule has 0 spiro atoms. The zero-order valence-corrected chi connectivity index (χ0v) is 13.0. The molecule has 0 aliphatic carbocycles. The van der Waals surface area contributed by atoms with Crippen LogP contribution >= 0.6 is 0 Å². The fourth-order valence-corrected chi connectivity index (χ4v) is 2.68. The van der Waals surface area contributed by atoms with Crippen LogP contribution in [0.5, 0.6) is 0 Å². The molecule has 0 aliphatic heterocycles. The number of hydrogen-bond acceptors (Lipinski definition) is 0. The first-order valence-electron chi connectivity index (χ1n) is 8.37. The first-order valence-corrected chi connectivity index (χ1v) is 8.37. The third kappa shape index (κ3) is 7.40. The van der Waals surface area contributed by atoms with E-state index in [1.165, 1.54) is 75.3 Å². The van der Waals surface area contributed by atoms with Gasteiger partial charge in [0.05, 0.1) is 0 Å². The Bertz CT molecular complexity index is 314. The highest BCUT2D eigenvalue weighted by atomic mass is 14.0. The van der Waals surface area contributed by atoms with Crippen LogP contribution in [0.25, 0.3) is 0 Å². The van der Waals surface area contributed by atoms with Gasteiger partial charge in [-0.25, -0.2) is 0 Å². The predicted octanol–water partition coefficient (Wildman–Crippen LogP) is 6.12. The number of benzene rings is 1. The highest BCUT2D eigenvalue weighted by molar-refractivity contribution is 5.25. The Hall–Kier alpha value is -0.780. The minimum Gasteiger partial charge on any atom is -0.0654 e. The quantitative estimate of drug-likeness (QED) is 0.420. The third-order valence-electron chi connectivity index (χ3n) is 3.95. The van der Waals surface area contributed by atoms with Gasteiger partial charge in [0.25, 0.3) is 0 Å². The van der Waals surface area contributed by atoms with Crippen molar-refractivity contribution in [2.24, 2.45) is 0 Å². The van der Waals surface area contributed by atoms with Crippen molar-refractivity contribution in [2.75, 3.05) is 0 Å². The standard InChI is InChI=1S/C19H31/c1-3-5-6-7-8-9-10-11-12-16-19-17-14-13-15-18(19)4-2/h13-15H,3-12,16H2,1-2H3. The van der Waals surface area contributed by atoms with E-state index in [0.717, 1.165) is 6.42 Å². The lowest BCUT2D eigenvalue weighted by atomic mass is 9.99. The van der Waals surface area contributed by atoms with Crippen LogP contribution in [0.15, 0.2) is 18.2 Å². The summed E-state index contributed by atoms with van der Waals surface area (Å²) >= 11 is 0. The summed E-state index contributed by atoms with van der Waals surface area (Å²) in [5.41, 5.74) is 2.94. The zero-order valence-electron chi connectivity index (χ0n) is 13.0. The van der Waals surface area contributed by atoms with E-state index in [2.05, 4.69) is 38.1 Å². The molecule has 1 aromatic rings. The highest BCUT2D eigenvalue weighted by Gasteiger charge is 1.99. The van der Waals surface area contributed by atoms with Crippen LogP contribution < -0.4 is 0 Å². The molecule has 0 fully saturated rings. The molecule has 0 aromatic heterocycles. The van der Waals surface area contributed by atoms with E-state index in [1.807, 2.05) is 0 Å². The largest absolute Gasteiger partial charge is 0.0654 e. The van der Waals surface area contributed by atoms with Crippen LogP contribution in [-0.4, -0.2) is 0 Å². The zero-order chi connectivity index (χ0) is 13.8. The van der Waals surface area contributed by atoms with E-state index in [-0.39, 0.29) is 0 Å². The fraction of sp³-hybridized carbons (Fsp3) is 0.684. The average Bonchev–Trinajstić information content (AvgIpc) is 2.46. The maximum Gasteiger partial charge on any atom is -0.0146 e. The molecule has 107 valence electrons. The van der Waals surface area contributed by atoms with Crippen molar-refractivity contribution in [3.05, 3.63) is 35.4 Å². The van der Waals surface area contributed by atoms with Crippen molar-refractivity contribution < 1.29 is 0 Å². The number of aryl methyl sites for hydroxylation is 2.